The molecule has 0 radical (unpaired) electrons. The number of hydrogen-bond donors (Lipinski definition) is 1. The van der Waals surface area contributed by atoms with Gasteiger partial charge in [0.05, 0.1) is 6.04 Å². The number of likely N-dealkylation sites (tertiary alicyclic amines) is 1. The minimum Gasteiger partial charge on any atom is -0.341 e. The number of hydrogen-bond acceptors (Lipinski definition) is 3. The summed E-state index contributed by atoms with van der Waals surface area (Å²) in [5.74, 6) is 0.259. The van der Waals surface area contributed by atoms with Crippen molar-refractivity contribution in [2.24, 2.45) is 5.73 Å². The van der Waals surface area contributed by atoms with Crippen molar-refractivity contribution in [2.45, 2.75) is 51.6 Å². The van der Waals surface area contributed by atoms with Crippen LogP contribution in [0.25, 0.3) is 0 Å². The van der Waals surface area contributed by atoms with E-state index in [-0.39, 0.29) is 18.0 Å². The Balaban J connectivity index is 2.54. The maximum Gasteiger partial charge on any atom is 0.239 e. The van der Waals surface area contributed by atoms with E-state index in [1.807, 2.05) is 18.9 Å². The van der Waals surface area contributed by atoms with E-state index in [0.717, 1.165) is 25.9 Å². The van der Waals surface area contributed by atoms with Crippen molar-refractivity contribution in [3.05, 3.63) is 0 Å². The summed E-state index contributed by atoms with van der Waals surface area (Å²) in [5.41, 5.74) is 5.65. The lowest BCUT2D eigenvalue weighted by atomic mass is 10.2. The average Bonchev–Trinajstić information content (AvgIpc) is 2.63. The number of carbonyl (C=O) groups is 1. The van der Waals surface area contributed by atoms with E-state index in [1.165, 1.54) is 12.8 Å². The first kappa shape index (κ1) is 14.5. The van der Waals surface area contributed by atoms with Gasteiger partial charge in [0.15, 0.2) is 0 Å². The second-order valence-electron chi connectivity index (χ2n) is 5.17. The molecule has 17 heavy (non-hydrogen) atoms. The molecular formula is C13H27N3O. The van der Waals surface area contributed by atoms with Gasteiger partial charge in [-0.05, 0) is 33.7 Å². The highest BCUT2D eigenvalue weighted by Crippen LogP contribution is 2.13. The van der Waals surface area contributed by atoms with Crippen molar-refractivity contribution < 1.29 is 4.79 Å². The minimum absolute atomic E-state index is 0.0633. The van der Waals surface area contributed by atoms with Crippen LogP contribution in [0.1, 0.15) is 39.5 Å². The molecule has 1 rings (SSSR count). The summed E-state index contributed by atoms with van der Waals surface area (Å²) in [4.78, 5) is 16.5. The maximum atomic E-state index is 12.4. The molecule has 0 saturated carbocycles. The highest BCUT2D eigenvalue weighted by molar-refractivity contribution is 5.81. The fraction of sp³-hybridized carbons (Fsp3) is 0.923. The van der Waals surface area contributed by atoms with Gasteiger partial charge >= 0.3 is 0 Å². The molecule has 0 bridgehead atoms. The molecule has 0 aromatic carbocycles. The van der Waals surface area contributed by atoms with Crippen LogP contribution in [-0.4, -0.2) is 54.5 Å². The minimum atomic E-state index is -0.0633. The third-order valence-electron chi connectivity index (χ3n) is 3.92. The molecule has 1 amide bonds. The van der Waals surface area contributed by atoms with Crippen molar-refractivity contribution in [2.75, 3.05) is 26.7 Å². The summed E-state index contributed by atoms with van der Waals surface area (Å²) < 4.78 is 0. The van der Waals surface area contributed by atoms with Crippen LogP contribution in [0.4, 0.5) is 0 Å². The lowest BCUT2D eigenvalue weighted by molar-refractivity contribution is -0.136. The quantitative estimate of drug-likeness (QED) is 0.800. The maximum absolute atomic E-state index is 12.4. The van der Waals surface area contributed by atoms with Crippen LogP contribution < -0.4 is 5.73 Å². The van der Waals surface area contributed by atoms with E-state index in [1.54, 1.807) is 0 Å². The molecule has 0 spiro atoms. The third-order valence-corrected chi connectivity index (χ3v) is 3.92. The smallest absolute Gasteiger partial charge is 0.239 e. The first-order valence-corrected chi connectivity index (χ1v) is 6.78. The molecule has 4 heteroatoms. The molecule has 2 N–H and O–H groups in total. The van der Waals surface area contributed by atoms with E-state index < -0.39 is 0 Å². The highest BCUT2D eigenvalue weighted by atomic mass is 16.2. The van der Waals surface area contributed by atoms with Crippen LogP contribution >= 0.6 is 0 Å². The molecule has 0 aliphatic carbocycles. The molecule has 0 aromatic heterocycles. The van der Waals surface area contributed by atoms with Crippen molar-refractivity contribution >= 4 is 5.91 Å². The SMILES string of the molecule is CC(CN)N(C)C(C)C(=O)N1CCCCCC1. The van der Waals surface area contributed by atoms with Gasteiger partial charge in [-0.25, -0.2) is 0 Å². The monoisotopic (exact) mass is 241 g/mol. The Morgan fingerprint density at radius 1 is 1.24 bits per heavy atom. The van der Waals surface area contributed by atoms with Gasteiger partial charge in [-0.1, -0.05) is 12.8 Å². The second-order valence-corrected chi connectivity index (χ2v) is 5.17. The molecule has 2 unspecified atom stereocenters. The van der Waals surface area contributed by atoms with Crippen LogP contribution in [-0.2, 0) is 4.79 Å². The van der Waals surface area contributed by atoms with Crippen molar-refractivity contribution in [1.29, 1.82) is 0 Å². The zero-order chi connectivity index (χ0) is 12.8. The average molecular weight is 241 g/mol. The Morgan fingerprint density at radius 2 is 1.76 bits per heavy atom. The second kappa shape index (κ2) is 6.97. The molecule has 2 atom stereocenters. The van der Waals surface area contributed by atoms with E-state index in [4.69, 9.17) is 5.73 Å². The summed E-state index contributed by atoms with van der Waals surface area (Å²) in [5, 5.41) is 0. The summed E-state index contributed by atoms with van der Waals surface area (Å²) in [6.45, 7) is 6.49. The predicted molar refractivity (Wildman–Crippen MR) is 70.8 cm³/mol. The summed E-state index contributed by atoms with van der Waals surface area (Å²) in [7, 11) is 1.98. The zero-order valence-electron chi connectivity index (χ0n) is 11.5. The van der Waals surface area contributed by atoms with Gasteiger partial charge in [-0.2, -0.15) is 0 Å². The predicted octanol–water partition coefficient (Wildman–Crippen LogP) is 1.06. The Hall–Kier alpha value is -0.610. The number of carbonyl (C=O) groups excluding carboxylic acids is 1. The van der Waals surface area contributed by atoms with Crippen LogP contribution in [0.2, 0.25) is 0 Å². The van der Waals surface area contributed by atoms with Crippen molar-refractivity contribution in [1.82, 2.24) is 9.80 Å². The molecule has 100 valence electrons. The third kappa shape index (κ3) is 3.96. The summed E-state index contributed by atoms with van der Waals surface area (Å²) in [6, 6.07) is 0.188. The Kier molecular flexibility index (Phi) is 5.92. The number of amides is 1. The summed E-state index contributed by atoms with van der Waals surface area (Å²) in [6.07, 6.45) is 4.81. The molecular weight excluding hydrogens is 214 g/mol. The fourth-order valence-electron chi connectivity index (χ4n) is 2.28. The fourth-order valence-corrected chi connectivity index (χ4v) is 2.28. The molecule has 0 aromatic rings. The Morgan fingerprint density at radius 3 is 2.24 bits per heavy atom. The van der Waals surface area contributed by atoms with Crippen LogP contribution in [0, 0.1) is 0 Å². The number of likely N-dealkylation sites (N-methyl/N-ethyl adjacent to an activating group) is 1. The molecule has 1 aliphatic heterocycles. The molecule has 4 nitrogen and oxygen atoms in total. The van der Waals surface area contributed by atoms with Crippen molar-refractivity contribution in [3.8, 4) is 0 Å². The number of nitrogens with zero attached hydrogens (tertiary/aromatic N) is 2. The molecule has 1 saturated heterocycles. The Bertz CT molecular complexity index is 237. The number of nitrogens with two attached hydrogens (primary N) is 1. The first-order chi connectivity index (χ1) is 8.07. The standard InChI is InChI=1S/C13H27N3O/c1-11(10-14)15(3)12(2)13(17)16-8-6-4-5-7-9-16/h11-12H,4-10,14H2,1-3H3. The van der Waals surface area contributed by atoms with Gasteiger partial charge in [0.1, 0.15) is 0 Å². The first-order valence-electron chi connectivity index (χ1n) is 6.78. The Labute approximate surface area is 105 Å². The lowest BCUT2D eigenvalue weighted by Gasteiger charge is -2.33. The van der Waals surface area contributed by atoms with Gasteiger partial charge < -0.3 is 10.6 Å². The zero-order valence-corrected chi connectivity index (χ0v) is 11.5. The molecule has 1 aliphatic rings. The van der Waals surface area contributed by atoms with Crippen molar-refractivity contribution in [3.63, 3.8) is 0 Å². The highest BCUT2D eigenvalue weighted by Gasteiger charge is 2.26. The lowest BCUT2D eigenvalue weighted by Crippen LogP contribution is -2.50. The molecule has 1 fully saturated rings. The van der Waals surface area contributed by atoms with Gasteiger partial charge in [-0.3, -0.25) is 9.69 Å². The normalized spacial score (nSPS) is 21.1. The van der Waals surface area contributed by atoms with E-state index in [9.17, 15) is 4.79 Å². The number of rotatable bonds is 4. The van der Waals surface area contributed by atoms with E-state index in [2.05, 4.69) is 11.8 Å². The van der Waals surface area contributed by atoms with Gasteiger partial charge in [-0.15, -0.1) is 0 Å². The van der Waals surface area contributed by atoms with Crippen LogP contribution in [0.3, 0.4) is 0 Å². The van der Waals surface area contributed by atoms with E-state index >= 15 is 0 Å². The van der Waals surface area contributed by atoms with Gasteiger partial charge in [0.25, 0.3) is 0 Å². The van der Waals surface area contributed by atoms with Crippen LogP contribution in [0.5, 0.6) is 0 Å². The summed E-state index contributed by atoms with van der Waals surface area (Å²) >= 11 is 0. The van der Waals surface area contributed by atoms with E-state index in [0.29, 0.717) is 6.54 Å². The molecule has 1 heterocycles. The topological polar surface area (TPSA) is 49.6 Å². The van der Waals surface area contributed by atoms with Gasteiger partial charge in [0.2, 0.25) is 5.91 Å². The largest absolute Gasteiger partial charge is 0.341 e. The van der Waals surface area contributed by atoms with Gasteiger partial charge in [0, 0.05) is 25.7 Å². The van der Waals surface area contributed by atoms with Crippen LogP contribution in [0.15, 0.2) is 0 Å².